The van der Waals surface area contributed by atoms with Crippen LogP contribution in [0, 0.1) is 0 Å². The summed E-state index contributed by atoms with van der Waals surface area (Å²) in [5.41, 5.74) is 1.13. The van der Waals surface area contributed by atoms with Gasteiger partial charge in [-0.25, -0.2) is 4.79 Å². The molecule has 7 heteroatoms. The number of ether oxygens (including phenoxy) is 1. The molecule has 1 aliphatic carbocycles. The van der Waals surface area contributed by atoms with E-state index in [-0.39, 0.29) is 11.9 Å². The van der Waals surface area contributed by atoms with E-state index < -0.39 is 0 Å². The molecule has 0 aromatic heterocycles. The van der Waals surface area contributed by atoms with Gasteiger partial charge < -0.3 is 26.0 Å². The summed E-state index contributed by atoms with van der Waals surface area (Å²) in [5, 5.41) is 11.6. The predicted molar refractivity (Wildman–Crippen MR) is 88.7 cm³/mol. The molecule has 0 aliphatic heterocycles. The first-order valence-electron chi connectivity index (χ1n) is 7.84. The zero-order valence-corrected chi connectivity index (χ0v) is 13.4. The van der Waals surface area contributed by atoms with E-state index in [1.165, 1.54) is 0 Å². The number of hydrogen-bond acceptors (Lipinski definition) is 4. The van der Waals surface area contributed by atoms with Crippen LogP contribution in [0.1, 0.15) is 23.2 Å². The number of carbonyl (C=O) groups excluding carboxylic acids is 2. The summed E-state index contributed by atoms with van der Waals surface area (Å²) in [6.07, 6.45) is 2.07. The van der Waals surface area contributed by atoms with Gasteiger partial charge in [0.15, 0.2) is 0 Å². The average Bonchev–Trinajstić information content (AvgIpc) is 3.34. The molecular weight excluding hydrogens is 296 g/mol. The second kappa shape index (κ2) is 9.12. The highest BCUT2D eigenvalue weighted by molar-refractivity contribution is 5.96. The van der Waals surface area contributed by atoms with Gasteiger partial charge in [-0.2, -0.15) is 0 Å². The van der Waals surface area contributed by atoms with E-state index in [9.17, 15) is 9.59 Å². The third-order valence-corrected chi connectivity index (χ3v) is 3.37. The number of benzene rings is 1. The Hall–Kier alpha value is -2.12. The van der Waals surface area contributed by atoms with Crippen LogP contribution in [-0.2, 0) is 4.74 Å². The number of methoxy groups -OCH3 is 1. The fourth-order valence-electron chi connectivity index (χ4n) is 1.98. The lowest BCUT2D eigenvalue weighted by Gasteiger charge is -2.09. The van der Waals surface area contributed by atoms with E-state index in [0.29, 0.717) is 37.0 Å². The molecule has 0 bridgehead atoms. The van der Waals surface area contributed by atoms with Crippen molar-refractivity contribution in [1.29, 1.82) is 0 Å². The van der Waals surface area contributed by atoms with Gasteiger partial charge in [-0.3, -0.25) is 4.79 Å². The minimum atomic E-state index is -0.229. The fraction of sp³-hybridized carbons (Fsp3) is 0.500. The first kappa shape index (κ1) is 17.2. The normalized spacial score (nSPS) is 13.4. The Labute approximate surface area is 136 Å². The van der Waals surface area contributed by atoms with Crippen molar-refractivity contribution in [2.45, 2.75) is 18.9 Å². The van der Waals surface area contributed by atoms with Gasteiger partial charge in [0, 0.05) is 44.0 Å². The molecule has 1 fully saturated rings. The molecule has 23 heavy (non-hydrogen) atoms. The molecule has 3 amide bonds. The first-order chi connectivity index (χ1) is 11.2. The van der Waals surface area contributed by atoms with E-state index in [2.05, 4.69) is 21.3 Å². The van der Waals surface area contributed by atoms with Crippen molar-refractivity contribution < 1.29 is 14.3 Å². The SMILES string of the molecule is COCCNCCNC(=O)c1cccc(NC(=O)NC2CC2)c1. The zero-order valence-electron chi connectivity index (χ0n) is 13.4. The first-order valence-corrected chi connectivity index (χ1v) is 7.84. The number of hydrogen-bond donors (Lipinski definition) is 4. The van der Waals surface area contributed by atoms with Crippen LogP contribution in [0.3, 0.4) is 0 Å². The van der Waals surface area contributed by atoms with E-state index in [0.717, 1.165) is 19.4 Å². The molecule has 0 unspecified atom stereocenters. The van der Waals surface area contributed by atoms with Crippen LogP contribution in [-0.4, -0.2) is 51.3 Å². The van der Waals surface area contributed by atoms with Crippen molar-refractivity contribution in [3.63, 3.8) is 0 Å². The van der Waals surface area contributed by atoms with E-state index in [4.69, 9.17) is 4.74 Å². The van der Waals surface area contributed by atoms with Gasteiger partial charge in [-0.15, -0.1) is 0 Å². The second-order valence-electron chi connectivity index (χ2n) is 5.45. The Kier molecular flexibility index (Phi) is 6.83. The fourth-order valence-corrected chi connectivity index (χ4v) is 1.98. The number of anilines is 1. The lowest BCUT2D eigenvalue weighted by atomic mass is 10.2. The summed E-state index contributed by atoms with van der Waals surface area (Å²) in [6, 6.07) is 6.96. The molecule has 0 atom stereocenters. The predicted octanol–water partition coefficient (Wildman–Crippen LogP) is 0.936. The minimum absolute atomic E-state index is 0.162. The number of carbonyl (C=O) groups is 2. The maximum atomic E-state index is 12.1. The van der Waals surface area contributed by atoms with Gasteiger partial charge in [0.1, 0.15) is 0 Å². The Morgan fingerprint density at radius 1 is 1.22 bits per heavy atom. The molecule has 0 radical (unpaired) electrons. The molecule has 0 spiro atoms. The molecule has 0 heterocycles. The van der Waals surface area contributed by atoms with Gasteiger partial charge in [-0.05, 0) is 31.0 Å². The summed E-state index contributed by atoms with van der Waals surface area (Å²) in [6.45, 7) is 2.60. The largest absolute Gasteiger partial charge is 0.383 e. The van der Waals surface area contributed by atoms with Crippen LogP contribution >= 0.6 is 0 Å². The summed E-state index contributed by atoms with van der Waals surface area (Å²) in [5.74, 6) is -0.162. The van der Waals surface area contributed by atoms with Crippen LogP contribution < -0.4 is 21.3 Å². The van der Waals surface area contributed by atoms with E-state index in [1.54, 1.807) is 31.4 Å². The molecule has 0 saturated heterocycles. The Morgan fingerprint density at radius 2 is 2.04 bits per heavy atom. The molecule has 1 saturated carbocycles. The lowest BCUT2D eigenvalue weighted by molar-refractivity contribution is 0.0953. The highest BCUT2D eigenvalue weighted by atomic mass is 16.5. The maximum absolute atomic E-state index is 12.1. The molecule has 7 nitrogen and oxygen atoms in total. The van der Waals surface area contributed by atoms with Crippen LogP contribution in [0.2, 0.25) is 0 Å². The average molecular weight is 320 g/mol. The third kappa shape index (κ3) is 6.66. The standard InChI is InChI=1S/C16H24N4O3/c1-23-10-9-17-7-8-18-15(21)12-3-2-4-14(11-12)20-16(22)19-13-5-6-13/h2-4,11,13,17H,5-10H2,1H3,(H,18,21)(H2,19,20,22). The van der Waals surface area contributed by atoms with Gasteiger partial charge in [0.2, 0.25) is 0 Å². The topological polar surface area (TPSA) is 91.5 Å². The van der Waals surface area contributed by atoms with Crippen molar-refractivity contribution in [3.05, 3.63) is 29.8 Å². The van der Waals surface area contributed by atoms with Crippen molar-refractivity contribution in [2.75, 3.05) is 38.7 Å². The molecule has 1 aliphatic rings. The van der Waals surface area contributed by atoms with Crippen LogP contribution in [0.5, 0.6) is 0 Å². The third-order valence-electron chi connectivity index (χ3n) is 3.37. The molecule has 4 N–H and O–H groups in total. The van der Waals surface area contributed by atoms with E-state index >= 15 is 0 Å². The van der Waals surface area contributed by atoms with Gasteiger partial charge in [0.25, 0.3) is 5.91 Å². The quantitative estimate of drug-likeness (QED) is 0.510. The number of nitrogens with one attached hydrogen (secondary N) is 4. The molecule has 1 aromatic rings. The summed E-state index contributed by atoms with van der Waals surface area (Å²) in [4.78, 5) is 23.8. The van der Waals surface area contributed by atoms with Crippen molar-refractivity contribution in [2.24, 2.45) is 0 Å². The van der Waals surface area contributed by atoms with Crippen molar-refractivity contribution in [3.8, 4) is 0 Å². The number of urea groups is 1. The van der Waals surface area contributed by atoms with Gasteiger partial charge in [-0.1, -0.05) is 6.07 Å². The second-order valence-corrected chi connectivity index (χ2v) is 5.45. The lowest BCUT2D eigenvalue weighted by Crippen LogP contribution is -2.33. The zero-order chi connectivity index (χ0) is 16.5. The minimum Gasteiger partial charge on any atom is -0.383 e. The Bertz CT molecular complexity index is 532. The molecule has 126 valence electrons. The Morgan fingerprint density at radius 3 is 2.78 bits per heavy atom. The van der Waals surface area contributed by atoms with Gasteiger partial charge >= 0.3 is 6.03 Å². The maximum Gasteiger partial charge on any atom is 0.319 e. The highest BCUT2D eigenvalue weighted by Crippen LogP contribution is 2.19. The highest BCUT2D eigenvalue weighted by Gasteiger charge is 2.23. The van der Waals surface area contributed by atoms with Crippen LogP contribution in [0.25, 0.3) is 0 Å². The van der Waals surface area contributed by atoms with E-state index in [1.807, 2.05) is 0 Å². The summed E-state index contributed by atoms with van der Waals surface area (Å²) < 4.78 is 4.92. The molecule has 1 aromatic carbocycles. The smallest absolute Gasteiger partial charge is 0.319 e. The van der Waals surface area contributed by atoms with Gasteiger partial charge in [0.05, 0.1) is 6.61 Å². The van der Waals surface area contributed by atoms with Crippen LogP contribution in [0.4, 0.5) is 10.5 Å². The van der Waals surface area contributed by atoms with Crippen molar-refractivity contribution >= 4 is 17.6 Å². The summed E-state index contributed by atoms with van der Waals surface area (Å²) in [7, 11) is 1.65. The van der Waals surface area contributed by atoms with Crippen LogP contribution in [0.15, 0.2) is 24.3 Å². The number of amides is 3. The molecule has 2 rings (SSSR count). The monoisotopic (exact) mass is 320 g/mol. The Balaban J connectivity index is 1.74. The van der Waals surface area contributed by atoms with Crippen molar-refractivity contribution in [1.82, 2.24) is 16.0 Å². The molecular formula is C16H24N4O3. The summed E-state index contributed by atoms with van der Waals surface area (Å²) >= 11 is 0. The number of rotatable bonds is 9.